The van der Waals surface area contributed by atoms with Gasteiger partial charge >= 0.3 is 0 Å². The highest BCUT2D eigenvalue weighted by molar-refractivity contribution is 7.90. The van der Waals surface area contributed by atoms with Gasteiger partial charge in [0.25, 0.3) is 5.91 Å². The van der Waals surface area contributed by atoms with Crippen LogP contribution >= 0.6 is 0 Å². The Balaban J connectivity index is 1.52. The summed E-state index contributed by atoms with van der Waals surface area (Å²) in [6.45, 7) is 3.88. The van der Waals surface area contributed by atoms with Gasteiger partial charge in [-0.05, 0) is 67.3 Å². The van der Waals surface area contributed by atoms with E-state index in [2.05, 4.69) is 10.6 Å². The molecule has 0 aromatic heterocycles. The maximum absolute atomic E-state index is 15.0. The molecule has 4 rings (SSSR count). The third kappa shape index (κ3) is 4.95. The molecule has 9 heteroatoms. The average molecular weight is 463 g/mol. The summed E-state index contributed by atoms with van der Waals surface area (Å²) in [5.74, 6) is -0.156. The first-order chi connectivity index (χ1) is 15.2. The molecule has 2 N–H and O–H groups in total. The number of carbonyl (C=O) groups is 1. The van der Waals surface area contributed by atoms with E-state index >= 15 is 0 Å². The molecule has 0 spiro atoms. The predicted molar refractivity (Wildman–Crippen MR) is 118 cm³/mol. The van der Waals surface area contributed by atoms with E-state index in [1.807, 2.05) is 6.92 Å². The molecule has 2 heterocycles. The van der Waals surface area contributed by atoms with Crippen LogP contribution in [0.5, 0.6) is 5.75 Å². The Hall–Kier alpha value is -2.49. The topological polar surface area (TPSA) is 93.7 Å². The number of hydrogen-bond donors (Lipinski definition) is 2. The van der Waals surface area contributed by atoms with Crippen molar-refractivity contribution in [2.75, 3.05) is 26.0 Å². The van der Waals surface area contributed by atoms with Crippen molar-refractivity contribution in [1.82, 2.24) is 10.6 Å². The van der Waals surface area contributed by atoms with E-state index in [-0.39, 0.29) is 29.9 Å². The average Bonchev–Trinajstić information content (AvgIpc) is 3.03. The van der Waals surface area contributed by atoms with E-state index < -0.39 is 21.8 Å². The van der Waals surface area contributed by atoms with Crippen molar-refractivity contribution < 1.29 is 27.1 Å². The highest BCUT2D eigenvalue weighted by Crippen LogP contribution is 2.40. The molecule has 1 amide bonds. The third-order valence-corrected chi connectivity index (χ3v) is 6.80. The summed E-state index contributed by atoms with van der Waals surface area (Å²) in [6.07, 6.45) is 1.72. The molecule has 7 nitrogen and oxygen atoms in total. The molecule has 0 unspecified atom stereocenters. The van der Waals surface area contributed by atoms with Crippen molar-refractivity contribution >= 4 is 15.7 Å². The number of hydrogen-bond acceptors (Lipinski definition) is 6. The molecule has 172 valence electrons. The van der Waals surface area contributed by atoms with E-state index in [1.54, 1.807) is 18.2 Å². The molecule has 2 aliphatic rings. The highest BCUT2D eigenvalue weighted by Gasteiger charge is 2.25. The molecule has 2 aliphatic heterocycles. The van der Waals surface area contributed by atoms with Crippen LogP contribution in [0.4, 0.5) is 4.39 Å². The van der Waals surface area contributed by atoms with Crippen LogP contribution in [0.25, 0.3) is 11.1 Å². The van der Waals surface area contributed by atoms with Gasteiger partial charge in [-0.2, -0.15) is 0 Å². The van der Waals surface area contributed by atoms with Gasteiger partial charge in [-0.15, -0.1) is 0 Å². The second-order valence-corrected chi connectivity index (χ2v) is 10.4. The Morgan fingerprint density at radius 3 is 2.88 bits per heavy atom. The maximum atomic E-state index is 15.0. The zero-order valence-electron chi connectivity index (χ0n) is 18.1. The van der Waals surface area contributed by atoms with Crippen LogP contribution in [0.15, 0.2) is 35.2 Å². The molecular weight excluding hydrogens is 435 g/mol. The van der Waals surface area contributed by atoms with Crippen LogP contribution in [0.2, 0.25) is 0 Å². The van der Waals surface area contributed by atoms with Crippen molar-refractivity contribution in [2.45, 2.75) is 43.4 Å². The number of rotatable bonds is 5. The van der Waals surface area contributed by atoms with Crippen molar-refractivity contribution in [3.63, 3.8) is 0 Å². The highest BCUT2D eigenvalue weighted by atomic mass is 32.2. The Bertz CT molecular complexity index is 1130. The number of halogens is 1. The molecule has 2 atom stereocenters. The maximum Gasteiger partial charge on any atom is 0.250 e. The minimum atomic E-state index is -3.39. The molecule has 2 aromatic carbocycles. The Morgan fingerprint density at radius 1 is 1.28 bits per heavy atom. The molecule has 1 saturated heterocycles. The summed E-state index contributed by atoms with van der Waals surface area (Å²) in [7, 11) is -3.39. The number of carbonyl (C=O) groups excluding carboxylic acids is 1. The third-order valence-electron chi connectivity index (χ3n) is 5.69. The first-order valence-corrected chi connectivity index (χ1v) is 12.5. The molecule has 1 fully saturated rings. The molecule has 32 heavy (non-hydrogen) atoms. The van der Waals surface area contributed by atoms with E-state index in [4.69, 9.17) is 9.47 Å². The quantitative estimate of drug-likeness (QED) is 0.708. The monoisotopic (exact) mass is 462 g/mol. The summed E-state index contributed by atoms with van der Waals surface area (Å²) in [5, 5.41) is 6.06. The van der Waals surface area contributed by atoms with Crippen LogP contribution in [-0.4, -0.2) is 52.4 Å². The lowest BCUT2D eigenvalue weighted by molar-refractivity contribution is -0.132. The zero-order valence-corrected chi connectivity index (χ0v) is 18.9. The Kier molecular flexibility index (Phi) is 6.50. The van der Waals surface area contributed by atoms with Crippen molar-refractivity contribution in [3.05, 3.63) is 47.3 Å². The summed E-state index contributed by atoms with van der Waals surface area (Å²) in [6, 6.07) is 7.49. The molecule has 0 radical (unpaired) electrons. The van der Waals surface area contributed by atoms with Crippen molar-refractivity contribution in [2.24, 2.45) is 0 Å². The van der Waals surface area contributed by atoms with Crippen LogP contribution < -0.4 is 15.4 Å². The SMILES string of the molecule is C[C@H](Cc1cc2c(cc1F)-c1cc(S(C)(=O)=O)ccc1CO2)NC(=O)[C@@H]1CNCCCO1. The first kappa shape index (κ1) is 22.7. The summed E-state index contributed by atoms with van der Waals surface area (Å²) >= 11 is 0. The van der Waals surface area contributed by atoms with E-state index in [1.165, 1.54) is 12.1 Å². The Labute approximate surface area is 187 Å². The molecule has 0 saturated carbocycles. The largest absolute Gasteiger partial charge is 0.488 e. The fraction of sp³-hybridized carbons (Fsp3) is 0.435. The van der Waals surface area contributed by atoms with Gasteiger partial charge in [-0.25, -0.2) is 12.8 Å². The van der Waals surface area contributed by atoms with Gasteiger partial charge in [0, 0.05) is 31.0 Å². The predicted octanol–water partition coefficient (Wildman–Crippen LogP) is 2.21. The first-order valence-electron chi connectivity index (χ1n) is 10.6. The van der Waals surface area contributed by atoms with Gasteiger partial charge in [0.1, 0.15) is 24.3 Å². The van der Waals surface area contributed by atoms with Gasteiger partial charge < -0.3 is 20.1 Å². The van der Waals surface area contributed by atoms with Crippen molar-refractivity contribution in [3.8, 4) is 16.9 Å². The van der Waals surface area contributed by atoms with Crippen LogP contribution in [0.1, 0.15) is 24.5 Å². The number of nitrogens with one attached hydrogen (secondary N) is 2. The number of amides is 1. The fourth-order valence-corrected chi connectivity index (χ4v) is 4.65. The Morgan fingerprint density at radius 2 is 2.09 bits per heavy atom. The summed E-state index contributed by atoms with van der Waals surface area (Å²) in [5.41, 5.74) is 2.39. The smallest absolute Gasteiger partial charge is 0.250 e. The lowest BCUT2D eigenvalue weighted by Gasteiger charge is -2.23. The second kappa shape index (κ2) is 9.17. The van der Waals surface area contributed by atoms with Crippen LogP contribution in [0, 0.1) is 5.82 Å². The fourth-order valence-electron chi connectivity index (χ4n) is 4.00. The number of sulfone groups is 1. The molecule has 0 aliphatic carbocycles. The minimum Gasteiger partial charge on any atom is -0.488 e. The normalized spacial score (nSPS) is 19.2. The number of benzene rings is 2. The lowest BCUT2D eigenvalue weighted by Crippen LogP contribution is -2.45. The van der Waals surface area contributed by atoms with Gasteiger partial charge in [-0.3, -0.25) is 4.79 Å². The lowest BCUT2D eigenvalue weighted by atomic mass is 9.94. The van der Waals surface area contributed by atoms with Crippen LogP contribution in [-0.2, 0) is 32.4 Å². The van der Waals surface area contributed by atoms with E-state index in [9.17, 15) is 17.6 Å². The minimum absolute atomic E-state index is 0.181. The van der Waals surface area contributed by atoms with Gasteiger partial charge in [0.2, 0.25) is 0 Å². The van der Waals surface area contributed by atoms with Gasteiger partial charge in [0.05, 0.1) is 4.90 Å². The zero-order chi connectivity index (χ0) is 22.9. The molecule has 2 aromatic rings. The van der Waals surface area contributed by atoms with Crippen molar-refractivity contribution in [1.29, 1.82) is 0 Å². The van der Waals surface area contributed by atoms with Gasteiger partial charge in [-0.1, -0.05) is 6.07 Å². The van der Waals surface area contributed by atoms with Crippen LogP contribution in [0.3, 0.4) is 0 Å². The summed E-state index contributed by atoms with van der Waals surface area (Å²) < 4.78 is 50.3. The van der Waals surface area contributed by atoms with Gasteiger partial charge in [0.15, 0.2) is 9.84 Å². The van der Waals surface area contributed by atoms with E-state index in [0.717, 1.165) is 24.8 Å². The van der Waals surface area contributed by atoms with E-state index in [0.29, 0.717) is 35.6 Å². The second-order valence-electron chi connectivity index (χ2n) is 8.35. The standard InChI is InChI=1S/C23H27FN2O5S/c1-14(26-23(27)22-12-25-6-3-7-30-22)8-16-9-21-19(11-20(16)24)18-10-17(32(2,28)29)5-4-15(18)13-31-21/h4-5,9-11,14,22,25H,3,6-8,12-13H2,1-2H3,(H,26,27)/t14-,22+/m1/s1. The molecular formula is C23H27FN2O5S. The number of ether oxygens (including phenoxy) is 2. The number of fused-ring (bicyclic) bond motifs is 3. The summed E-state index contributed by atoms with van der Waals surface area (Å²) in [4.78, 5) is 12.7. The molecule has 0 bridgehead atoms.